The van der Waals surface area contributed by atoms with E-state index in [9.17, 15) is 0 Å². The van der Waals surface area contributed by atoms with Gasteiger partial charge in [-0.2, -0.15) is 0 Å². The third kappa shape index (κ3) is 4.07. The number of aliphatic hydroxyl groups is 1. The van der Waals surface area contributed by atoms with Crippen LogP contribution in [0.5, 0.6) is 0 Å². The minimum atomic E-state index is 0.279. The van der Waals surface area contributed by atoms with E-state index in [0.717, 1.165) is 32.8 Å². The van der Waals surface area contributed by atoms with E-state index < -0.39 is 0 Å². The smallest absolute Gasteiger partial charge is 0.0558 e. The summed E-state index contributed by atoms with van der Waals surface area (Å²) in [7, 11) is 0. The van der Waals surface area contributed by atoms with E-state index in [0.29, 0.717) is 5.92 Å². The van der Waals surface area contributed by atoms with Gasteiger partial charge in [0.25, 0.3) is 0 Å². The molecule has 1 aliphatic rings. The van der Waals surface area contributed by atoms with Crippen molar-refractivity contribution in [1.29, 1.82) is 0 Å². The van der Waals surface area contributed by atoms with Gasteiger partial charge in [0.2, 0.25) is 0 Å². The van der Waals surface area contributed by atoms with E-state index in [1.54, 1.807) is 0 Å². The number of aliphatic hydroxyl groups excluding tert-OH is 1. The molecule has 0 spiro atoms. The average molecular weight is 187 g/mol. The Morgan fingerprint density at radius 1 is 1.54 bits per heavy atom. The Labute approximate surface area is 80.7 Å². The molecule has 0 aromatic rings. The van der Waals surface area contributed by atoms with Gasteiger partial charge in [-0.3, -0.25) is 0 Å². The van der Waals surface area contributed by atoms with E-state index in [2.05, 4.69) is 4.90 Å². The molecule has 13 heavy (non-hydrogen) atoms. The lowest BCUT2D eigenvalue weighted by atomic mass is 9.99. The molecule has 0 aromatic carbocycles. The van der Waals surface area contributed by atoms with Gasteiger partial charge in [0.15, 0.2) is 0 Å². The molecule has 1 heterocycles. The molecule has 0 saturated carbocycles. The van der Waals surface area contributed by atoms with Crippen molar-refractivity contribution in [3.05, 3.63) is 0 Å². The first-order chi connectivity index (χ1) is 6.36. The number of β-amino-alcohol motifs (C(OH)–C–C–N with tert-alkyl or cyclic N) is 1. The maximum atomic E-state index is 8.81. The quantitative estimate of drug-likeness (QED) is 0.688. The maximum absolute atomic E-state index is 8.81. The summed E-state index contributed by atoms with van der Waals surface area (Å²) in [4.78, 5) is 2.33. The van der Waals surface area contributed by atoms with Gasteiger partial charge in [-0.25, -0.2) is 0 Å². The predicted molar refractivity (Wildman–Crippen MR) is 52.7 cm³/mol. The van der Waals surface area contributed by atoms with Crippen molar-refractivity contribution in [2.24, 2.45) is 5.92 Å². The molecule has 1 aliphatic heterocycles. The first-order valence-electron chi connectivity index (χ1n) is 5.27. The zero-order chi connectivity index (χ0) is 9.52. The molecular formula is C10H21NO2. The van der Waals surface area contributed by atoms with Crippen molar-refractivity contribution in [1.82, 2.24) is 4.90 Å². The number of piperidine rings is 1. The summed E-state index contributed by atoms with van der Waals surface area (Å²) in [6.45, 7) is 7.08. The number of rotatable bonds is 5. The zero-order valence-electron chi connectivity index (χ0n) is 8.54. The Balaban J connectivity index is 2.16. The summed E-state index contributed by atoms with van der Waals surface area (Å²) < 4.78 is 5.41. The van der Waals surface area contributed by atoms with Crippen LogP contribution in [0.25, 0.3) is 0 Å². The Morgan fingerprint density at radius 3 is 3.08 bits per heavy atom. The van der Waals surface area contributed by atoms with Crippen LogP contribution in [0.15, 0.2) is 0 Å². The Morgan fingerprint density at radius 2 is 2.38 bits per heavy atom. The van der Waals surface area contributed by atoms with Crippen LogP contribution in [-0.2, 0) is 4.74 Å². The molecule has 1 atom stereocenters. The van der Waals surface area contributed by atoms with Gasteiger partial charge in [-0.15, -0.1) is 0 Å². The molecule has 0 bridgehead atoms. The minimum Gasteiger partial charge on any atom is -0.395 e. The molecule has 0 aliphatic carbocycles. The highest BCUT2D eigenvalue weighted by atomic mass is 16.5. The van der Waals surface area contributed by atoms with Crippen LogP contribution in [0, 0.1) is 5.92 Å². The molecule has 1 rings (SSSR count). The van der Waals surface area contributed by atoms with Gasteiger partial charge in [0, 0.05) is 19.7 Å². The lowest BCUT2D eigenvalue weighted by Crippen LogP contribution is -2.38. The standard InChI is InChI=1S/C10H21NO2/c1-2-13-9-10-4-3-5-11(8-10)6-7-12/h10,12H,2-9H2,1H3/t10-/m0/s1. The largest absolute Gasteiger partial charge is 0.395 e. The first-order valence-corrected chi connectivity index (χ1v) is 5.27. The molecule has 0 aromatic heterocycles. The number of ether oxygens (including phenoxy) is 1. The van der Waals surface area contributed by atoms with Gasteiger partial charge < -0.3 is 14.7 Å². The summed E-state index contributed by atoms with van der Waals surface area (Å²) in [5.74, 6) is 0.681. The van der Waals surface area contributed by atoms with Crippen LogP contribution < -0.4 is 0 Å². The second-order valence-corrected chi connectivity index (χ2v) is 3.69. The first kappa shape index (κ1) is 11.0. The molecule has 1 N–H and O–H groups in total. The maximum Gasteiger partial charge on any atom is 0.0558 e. The number of nitrogens with zero attached hydrogens (tertiary/aromatic N) is 1. The lowest BCUT2D eigenvalue weighted by Gasteiger charge is -2.31. The molecule has 1 saturated heterocycles. The average Bonchev–Trinajstić information content (AvgIpc) is 2.16. The van der Waals surface area contributed by atoms with Crippen molar-refractivity contribution in [3.63, 3.8) is 0 Å². The zero-order valence-corrected chi connectivity index (χ0v) is 8.54. The number of hydrogen-bond donors (Lipinski definition) is 1. The van der Waals surface area contributed by atoms with E-state index in [1.807, 2.05) is 6.92 Å². The van der Waals surface area contributed by atoms with Crippen LogP contribution in [-0.4, -0.2) is 49.5 Å². The van der Waals surface area contributed by atoms with Crippen molar-refractivity contribution >= 4 is 0 Å². The van der Waals surface area contributed by atoms with E-state index in [-0.39, 0.29) is 6.61 Å². The van der Waals surface area contributed by atoms with Crippen LogP contribution >= 0.6 is 0 Å². The molecule has 3 nitrogen and oxygen atoms in total. The third-order valence-corrected chi connectivity index (χ3v) is 2.58. The summed E-state index contributed by atoms with van der Waals surface area (Å²) in [5, 5.41) is 8.81. The van der Waals surface area contributed by atoms with Crippen molar-refractivity contribution in [2.45, 2.75) is 19.8 Å². The summed E-state index contributed by atoms with van der Waals surface area (Å²) >= 11 is 0. The number of hydrogen-bond acceptors (Lipinski definition) is 3. The molecule has 3 heteroatoms. The second-order valence-electron chi connectivity index (χ2n) is 3.69. The monoisotopic (exact) mass is 187 g/mol. The van der Waals surface area contributed by atoms with Crippen molar-refractivity contribution < 1.29 is 9.84 Å². The highest BCUT2D eigenvalue weighted by Gasteiger charge is 2.18. The summed E-state index contributed by atoms with van der Waals surface area (Å²) in [5.41, 5.74) is 0. The molecular weight excluding hydrogens is 166 g/mol. The van der Waals surface area contributed by atoms with E-state index >= 15 is 0 Å². The van der Waals surface area contributed by atoms with Gasteiger partial charge in [0.1, 0.15) is 0 Å². The van der Waals surface area contributed by atoms with Crippen molar-refractivity contribution in [3.8, 4) is 0 Å². The number of likely N-dealkylation sites (tertiary alicyclic amines) is 1. The molecule has 0 unspecified atom stereocenters. The molecule has 0 radical (unpaired) electrons. The summed E-state index contributed by atoms with van der Waals surface area (Å²) in [6, 6.07) is 0. The second kappa shape index (κ2) is 6.35. The van der Waals surface area contributed by atoms with Crippen LogP contribution in [0.2, 0.25) is 0 Å². The summed E-state index contributed by atoms with van der Waals surface area (Å²) in [6.07, 6.45) is 2.53. The Kier molecular flexibility index (Phi) is 5.35. The molecule has 78 valence electrons. The fourth-order valence-electron chi connectivity index (χ4n) is 1.92. The van der Waals surface area contributed by atoms with Crippen LogP contribution in [0.1, 0.15) is 19.8 Å². The Bertz CT molecular complexity index is 128. The van der Waals surface area contributed by atoms with Gasteiger partial charge in [0.05, 0.1) is 13.2 Å². The Hall–Kier alpha value is -0.120. The molecule has 0 amide bonds. The predicted octanol–water partition coefficient (Wildman–Crippen LogP) is 0.727. The van der Waals surface area contributed by atoms with Crippen molar-refractivity contribution in [2.75, 3.05) is 39.5 Å². The van der Waals surface area contributed by atoms with E-state index in [4.69, 9.17) is 9.84 Å². The lowest BCUT2D eigenvalue weighted by molar-refractivity contribution is 0.0610. The third-order valence-electron chi connectivity index (χ3n) is 2.58. The minimum absolute atomic E-state index is 0.279. The highest BCUT2D eigenvalue weighted by molar-refractivity contribution is 4.72. The SMILES string of the molecule is CCOC[C@H]1CCCN(CCO)C1. The van der Waals surface area contributed by atoms with Gasteiger partial charge in [-0.05, 0) is 32.2 Å². The normalized spacial score (nSPS) is 24.9. The molecule has 1 fully saturated rings. The highest BCUT2D eigenvalue weighted by Crippen LogP contribution is 2.16. The van der Waals surface area contributed by atoms with E-state index in [1.165, 1.54) is 12.8 Å². The fraction of sp³-hybridized carbons (Fsp3) is 1.00. The fourth-order valence-corrected chi connectivity index (χ4v) is 1.92. The van der Waals surface area contributed by atoms with Crippen LogP contribution in [0.3, 0.4) is 0 Å². The topological polar surface area (TPSA) is 32.7 Å². The van der Waals surface area contributed by atoms with Gasteiger partial charge in [-0.1, -0.05) is 0 Å². The van der Waals surface area contributed by atoms with Crippen LogP contribution in [0.4, 0.5) is 0 Å². The van der Waals surface area contributed by atoms with Gasteiger partial charge >= 0.3 is 0 Å².